The van der Waals surface area contributed by atoms with E-state index in [9.17, 15) is 4.79 Å². The minimum Gasteiger partial charge on any atom is -0.466 e. The maximum Gasteiger partial charge on any atom is 0.314 e. The monoisotopic (exact) mass is 338 g/mol. The first-order chi connectivity index (χ1) is 11.2. The molecule has 0 aliphatic carbocycles. The van der Waals surface area contributed by atoms with Gasteiger partial charge in [0.25, 0.3) is 10.7 Å². The van der Waals surface area contributed by atoms with Gasteiger partial charge in [-0.25, -0.2) is 0 Å². The van der Waals surface area contributed by atoms with E-state index >= 15 is 0 Å². The van der Waals surface area contributed by atoms with Crippen LogP contribution in [0.25, 0.3) is 11.7 Å². The van der Waals surface area contributed by atoms with E-state index in [0.717, 1.165) is 25.9 Å². The highest BCUT2D eigenvalue weighted by molar-refractivity contribution is 7.71. The van der Waals surface area contributed by atoms with Crippen LogP contribution in [0.2, 0.25) is 0 Å². The lowest BCUT2D eigenvalue weighted by Crippen LogP contribution is -3.13. The Morgan fingerprint density at radius 3 is 3.22 bits per heavy atom. The van der Waals surface area contributed by atoms with Gasteiger partial charge in [0.1, 0.15) is 5.92 Å². The van der Waals surface area contributed by atoms with Crippen LogP contribution in [0.1, 0.15) is 19.8 Å². The second-order valence-corrected chi connectivity index (χ2v) is 5.95. The van der Waals surface area contributed by atoms with Gasteiger partial charge in [-0.2, -0.15) is 4.68 Å². The van der Waals surface area contributed by atoms with E-state index in [0.29, 0.717) is 29.8 Å². The third kappa shape index (κ3) is 3.70. The first-order valence-corrected chi connectivity index (χ1v) is 8.20. The molecule has 1 fully saturated rings. The summed E-state index contributed by atoms with van der Waals surface area (Å²) < 4.78 is 17.5. The lowest BCUT2D eigenvalue weighted by molar-refractivity contribution is -0.930. The zero-order chi connectivity index (χ0) is 16.2. The number of aromatic nitrogens is 2. The van der Waals surface area contributed by atoms with Crippen molar-refractivity contribution < 1.29 is 23.3 Å². The summed E-state index contributed by atoms with van der Waals surface area (Å²) in [6.45, 7) is 4.52. The van der Waals surface area contributed by atoms with Gasteiger partial charge in [0.15, 0.2) is 12.4 Å². The summed E-state index contributed by atoms with van der Waals surface area (Å²) in [7, 11) is 0. The molecule has 0 saturated carbocycles. The highest BCUT2D eigenvalue weighted by Crippen LogP contribution is 2.17. The van der Waals surface area contributed by atoms with E-state index < -0.39 is 0 Å². The zero-order valence-electron chi connectivity index (χ0n) is 13.0. The van der Waals surface area contributed by atoms with Crippen molar-refractivity contribution in [3.05, 3.63) is 23.2 Å². The fourth-order valence-corrected chi connectivity index (χ4v) is 3.06. The van der Waals surface area contributed by atoms with Gasteiger partial charge in [-0.1, -0.05) is 0 Å². The van der Waals surface area contributed by atoms with Gasteiger partial charge < -0.3 is 18.5 Å². The van der Waals surface area contributed by atoms with Crippen molar-refractivity contribution >= 4 is 18.2 Å². The van der Waals surface area contributed by atoms with Crippen LogP contribution in [0.15, 0.2) is 27.2 Å². The summed E-state index contributed by atoms with van der Waals surface area (Å²) in [5.41, 5.74) is 0. The third-order valence-electron chi connectivity index (χ3n) is 3.95. The molecule has 2 aromatic heterocycles. The fourth-order valence-electron chi connectivity index (χ4n) is 2.87. The van der Waals surface area contributed by atoms with Gasteiger partial charge >= 0.3 is 5.97 Å². The number of carbonyl (C=O) groups is 1. The van der Waals surface area contributed by atoms with Crippen LogP contribution in [0.3, 0.4) is 0 Å². The predicted molar refractivity (Wildman–Crippen MR) is 83.1 cm³/mol. The molecule has 1 aliphatic rings. The molecule has 124 valence electrons. The Hall–Kier alpha value is -1.93. The third-order valence-corrected chi connectivity index (χ3v) is 4.24. The Morgan fingerprint density at radius 2 is 2.48 bits per heavy atom. The molecule has 23 heavy (non-hydrogen) atoms. The molecular weight excluding hydrogens is 318 g/mol. The molecule has 7 nitrogen and oxygen atoms in total. The Labute approximate surface area is 138 Å². The number of likely N-dealkylation sites (tertiary alicyclic amines) is 1. The van der Waals surface area contributed by atoms with Crippen LogP contribution >= 0.6 is 12.2 Å². The average molecular weight is 338 g/mol. The zero-order valence-corrected chi connectivity index (χ0v) is 13.8. The largest absolute Gasteiger partial charge is 0.466 e. The predicted octanol–water partition coefficient (Wildman–Crippen LogP) is 1.28. The highest BCUT2D eigenvalue weighted by atomic mass is 32.1. The molecule has 1 N–H and O–H groups in total. The minimum atomic E-state index is -0.107. The molecule has 0 bridgehead atoms. The summed E-state index contributed by atoms with van der Waals surface area (Å²) in [6.07, 6.45) is 3.42. The fraction of sp³-hybridized carbons (Fsp3) is 0.533. The van der Waals surface area contributed by atoms with Crippen molar-refractivity contribution in [2.75, 3.05) is 19.7 Å². The molecule has 1 aliphatic heterocycles. The van der Waals surface area contributed by atoms with Crippen LogP contribution in [-0.2, 0) is 16.2 Å². The van der Waals surface area contributed by atoms with E-state index in [-0.39, 0.29) is 11.9 Å². The molecule has 1 saturated heterocycles. The molecule has 1 unspecified atom stereocenters. The second kappa shape index (κ2) is 7.10. The number of nitrogens with one attached hydrogen (secondary N) is 1. The number of hydrogen-bond donors (Lipinski definition) is 1. The van der Waals surface area contributed by atoms with E-state index in [1.807, 2.05) is 6.92 Å². The Morgan fingerprint density at radius 1 is 1.61 bits per heavy atom. The van der Waals surface area contributed by atoms with Gasteiger partial charge in [-0.3, -0.25) is 4.79 Å². The standard InChI is InChI=1S/C15H19N3O4S/c1-2-20-14(19)11-5-3-7-17(9-11)10-18-15(23)22-13(16-18)12-6-4-8-21-12/h4,6,8,11H,2-3,5,7,9-10H2,1H3/p+1/t11-/m1/s1. The van der Waals surface area contributed by atoms with Gasteiger partial charge in [0.05, 0.1) is 26.0 Å². The molecule has 0 amide bonds. The molecule has 2 aromatic rings. The van der Waals surface area contributed by atoms with E-state index in [1.165, 1.54) is 4.90 Å². The van der Waals surface area contributed by atoms with Crippen molar-refractivity contribution in [2.24, 2.45) is 5.92 Å². The lowest BCUT2D eigenvalue weighted by Gasteiger charge is -2.28. The quantitative estimate of drug-likeness (QED) is 0.654. The van der Waals surface area contributed by atoms with Crippen LogP contribution in [0.4, 0.5) is 0 Å². The van der Waals surface area contributed by atoms with Crippen LogP contribution in [0, 0.1) is 10.8 Å². The van der Waals surface area contributed by atoms with E-state index in [4.69, 9.17) is 25.8 Å². The molecule has 0 aromatic carbocycles. The second-order valence-electron chi connectivity index (χ2n) is 5.60. The number of furan rings is 1. The summed E-state index contributed by atoms with van der Waals surface area (Å²) in [4.78, 5) is 13.5. The summed E-state index contributed by atoms with van der Waals surface area (Å²) in [6, 6.07) is 3.54. The SMILES string of the molecule is CCOC(=O)[C@@H]1CCC[NH+](Cn2nc(-c3ccco3)oc2=S)C1. The summed E-state index contributed by atoms with van der Waals surface area (Å²) in [5, 5.41) is 4.37. The smallest absolute Gasteiger partial charge is 0.314 e. The van der Waals surface area contributed by atoms with Crippen molar-refractivity contribution in [1.29, 1.82) is 0 Å². The van der Waals surface area contributed by atoms with Crippen molar-refractivity contribution in [1.82, 2.24) is 9.78 Å². The molecule has 2 atom stereocenters. The Balaban J connectivity index is 1.67. The number of hydrogen-bond acceptors (Lipinski definition) is 6. The van der Waals surface area contributed by atoms with Gasteiger partial charge in [-0.05, 0) is 44.1 Å². The van der Waals surface area contributed by atoms with Crippen molar-refractivity contribution in [3.8, 4) is 11.7 Å². The van der Waals surface area contributed by atoms with Crippen LogP contribution in [0.5, 0.6) is 0 Å². The molecule has 0 radical (unpaired) electrons. The molecule has 8 heteroatoms. The lowest BCUT2D eigenvalue weighted by atomic mass is 9.99. The van der Waals surface area contributed by atoms with Gasteiger partial charge in [-0.15, -0.1) is 5.10 Å². The van der Waals surface area contributed by atoms with E-state index in [2.05, 4.69) is 5.10 Å². The maximum atomic E-state index is 11.9. The number of rotatable bonds is 5. The number of quaternary nitrogens is 1. The Kier molecular flexibility index (Phi) is 4.92. The topological polar surface area (TPSA) is 74.8 Å². The normalized spacial score (nSPS) is 21.3. The number of esters is 1. The molecule has 3 heterocycles. The van der Waals surface area contributed by atoms with Crippen LogP contribution in [-0.4, -0.2) is 35.4 Å². The summed E-state index contributed by atoms with van der Waals surface area (Å²) >= 11 is 5.23. The molecular formula is C15H20N3O4S+. The van der Waals surface area contributed by atoms with Crippen molar-refractivity contribution in [3.63, 3.8) is 0 Å². The molecule has 0 spiro atoms. The number of nitrogens with zero attached hydrogens (tertiary/aromatic N) is 2. The Bertz CT molecular complexity index is 707. The van der Waals surface area contributed by atoms with Crippen molar-refractivity contribution in [2.45, 2.75) is 26.4 Å². The van der Waals surface area contributed by atoms with Gasteiger partial charge in [0.2, 0.25) is 0 Å². The number of carbonyl (C=O) groups excluding carboxylic acids is 1. The molecule has 3 rings (SSSR count). The van der Waals surface area contributed by atoms with E-state index in [1.54, 1.807) is 23.1 Å². The highest BCUT2D eigenvalue weighted by Gasteiger charge is 2.30. The van der Waals surface area contributed by atoms with Gasteiger partial charge in [0, 0.05) is 0 Å². The van der Waals surface area contributed by atoms with Crippen LogP contribution < -0.4 is 4.90 Å². The number of piperidine rings is 1. The minimum absolute atomic E-state index is 0.0516. The first-order valence-electron chi connectivity index (χ1n) is 7.79. The summed E-state index contributed by atoms with van der Waals surface area (Å²) in [5.74, 6) is 0.764. The number of ether oxygens (including phenoxy) is 1. The first kappa shape index (κ1) is 15.9. The maximum absolute atomic E-state index is 11.9. The average Bonchev–Trinajstić information content (AvgIpc) is 3.18.